The van der Waals surface area contributed by atoms with Gasteiger partial charge in [-0.1, -0.05) is 54.9 Å². The van der Waals surface area contributed by atoms with E-state index in [2.05, 4.69) is 24.4 Å². The lowest BCUT2D eigenvalue weighted by Crippen LogP contribution is -2.46. The van der Waals surface area contributed by atoms with Crippen LogP contribution in [0.4, 0.5) is 0 Å². The number of hydrogen-bond donors (Lipinski definition) is 1. The Hall–Kier alpha value is -1.89. The van der Waals surface area contributed by atoms with Crippen molar-refractivity contribution in [2.45, 2.75) is 44.9 Å². The van der Waals surface area contributed by atoms with E-state index < -0.39 is 10.0 Å². The van der Waals surface area contributed by atoms with Crippen LogP contribution in [0.25, 0.3) is 0 Å². The van der Waals surface area contributed by atoms with Crippen molar-refractivity contribution < 1.29 is 13.2 Å². The monoisotopic (exact) mass is 448 g/mol. The van der Waals surface area contributed by atoms with Crippen LogP contribution in [0.1, 0.15) is 49.4 Å². The molecule has 1 fully saturated rings. The third-order valence-electron chi connectivity index (χ3n) is 5.66. The Morgan fingerprint density at radius 3 is 2.40 bits per heavy atom. The van der Waals surface area contributed by atoms with E-state index in [1.807, 2.05) is 19.1 Å². The van der Waals surface area contributed by atoms with Crippen molar-refractivity contribution in [3.63, 3.8) is 0 Å². The molecule has 2 atom stereocenters. The van der Waals surface area contributed by atoms with E-state index in [-0.39, 0.29) is 30.2 Å². The molecule has 0 aromatic heterocycles. The maximum Gasteiger partial charge on any atom is 0.224 e. The van der Waals surface area contributed by atoms with Crippen molar-refractivity contribution in [3.05, 3.63) is 70.2 Å². The Kier molecular flexibility index (Phi) is 7.55. The second-order valence-corrected chi connectivity index (χ2v) is 10.3. The zero-order chi connectivity index (χ0) is 21.7. The SMILES string of the molecule is CCc1ccc([C@@H](C)NC(=O)[C@H]2CCCN(S(=O)(=O)Cc3ccc(Cl)cc3)C2)cc1. The maximum atomic E-state index is 12.9. The minimum absolute atomic E-state index is 0.0846. The summed E-state index contributed by atoms with van der Waals surface area (Å²) in [6.45, 7) is 4.74. The number of nitrogens with zero attached hydrogens (tertiary/aromatic N) is 1. The first-order valence-electron chi connectivity index (χ1n) is 10.4. The lowest BCUT2D eigenvalue weighted by molar-refractivity contribution is -0.126. The molecule has 0 aliphatic carbocycles. The first kappa shape index (κ1) is 22.8. The van der Waals surface area contributed by atoms with E-state index in [1.54, 1.807) is 24.3 Å². The standard InChI is InChI=1S/C23H29ClN2O3S/c1-3-18-6-10-20(11-7-18)17(2)25-23(27)21-5-4-14-26(15-21)30(28,29)16-19-8-12-22(24)13-9-19/h6-13,17,21H,3-5,14-16H2,1-2H3,(H,25,27)/t17-,21+/m1/s1. The number of nitrogens with one attached hydrogen (secondary N) is 1. The molecule has 1 aliphatic rings. The Bertz CT molecular complexity index is 959. The average molecular weight is 449 g/mol. The number of aryl methyl sites for hydroxylation is 1. The van der Waals surface area contributed by atoms with Crippen LogP contribution >= 0.6 is 11.6 Å². The second kappa shape index (κ2) is 9.94. The fraction of sp³-hybridized carbons (Fsp3) is 0.435. The highest BCUT2D eigenvalue weighted by Gasteiger charge is 2.32. The fourth-order valence-corrected chi connectivity index (χ4v) is 5.48. The normalized spacial score (nSPS) is 18.7. The van der Waals surface area contributed by atoms with Crippen molar-refractivity contribution in [2.24, 2.45) is 5.92 Å². The molecule has 1 amide bonds. The van der Waals surface area contributed by atoms with Gasteiger partial charge in [0.25, 0.3) is 0 Å². The quantitative estimate of drug-likeness (QED) is 0.685. The number of carbonyl (C=O) groups is 1. The van der Waals surface area contributed by atoms with Crippen LogP contribution in [0.2, 0.25) is 5.02 Å². The van der Waals surface area contributed by atoms with E-state index in [1.165, 1.54) is 9.87 Å². The number of benzene rings is 2. The lowest BCUT2D eigenvalue weighted by Gasteiger charge is -2.32. The van der Waals surface area contributed by atoms with Crippen molar-refractivity contribution in [1.29, 1.82) is 0 Å². The molecule has 0 radical (unpaired) electrons. The van der Waals surface area contributed by atoms with Gasteiger partial charge in [0.15, 0.2) is 0 Å². The summed E-state index contributed by atoms with van der Waals surface area (Å²) in [5.41, 5.74) is 2.99. The van der Waals surface area contributed by atoms with Crippen LogP contribution < -0.4 is 5.32 Å². The molecule has 30 heavy (non-hydrogen) atoms. The molecule has 1 N–H and O–H groups in total. The van der Waals surface area contributed by atoms with Crippen molar-refractivity contribution >= 4 is 27.5 Å². The number of halogens is 1. The van der Waals surface area contributed by atoms with E-state index in [9.17, 15) is 13.2 Å². The Labute approximate surface area is 184 Å². The van der Waals surface area contributed by atoms with Gasteiger partial charge < -0.3 is 5.32 Å². The molecule has 2 aromatic rings. The number of carbonyl (C=O) groups excluding carboxylic acids is 1. The van der Waals surface area contributed by atoms with Crippen LogP contribution in [-0.2, 0) is 27.0 Å². The topological polar surface area (TPSA) is 66.5 Å². The molecule has 1 heterocycles. The highest BCUT2D eigenvalue weighted by atomic mass is 35.5. The molecular weight excluding hydrogens is 420 g/mol. The molecule has 0 saturated carbocycles. The van der Waals surface area contributed by atoms with E-state index in [0.717, 1.165) is 12.0 Å². The van der Waals surface area contributed by atoms with Gasteiger partial charge in [-0.15, -0.1) is 0 Å². The number of rotatable bonds is 7. The maximum absolute atomic E-state index is 12.9. The summed E-state index contributed by atoms with van der Waals surface area (Å²) in [5, 5.41) is 3.63. The molecular formula is C23H29ClN2O3S. The van der Waals surface area contributed by atoms with Gasteiger partial charge in [-0.2, -0.15) is 0 Å². The first-order valence-corrected chi connectivity index (χ1v) is 12.4. The van der Waals surface area contributed by atoms with E-state index in [0.29, 0.717) is 30.0 Å². The van der Waals surface area contributed by atoms with Crippen LogP contribution in [0.15, 0.2) is 48.5 Å². The predicted octanol–water partition coefficient (Wildman–Crippen LogP) is 4.32. The Balaban J connectivity index is 1.61. The first-order chi connectivity index (χ1) is 14.3. The molecule has 5 nitrogen and oxygen atoms in total. The molecule has 7 heteroatoms. The van der Waals surface area contributed by atoms with Gasteiger partial charge in [-0.3, -0.25) is 4.79 Å². The average Bonchev–Trinajstić information content (AvgIpc) is 2.75. The third kappa shape index (κ3) is 5.84. The van der Waals surface area contributed by atoms with E-state index in [4.69, 9.17) is 11.6 Å². The Morgan fingerprint density at radius 2 is 1.77 bits per heavy atom. The van der Waals surface area contributed by atoms with Crippen LogP contribution in [0.3, 0.4) is 0 Å². The summed E-state index contributed by atoms with van der Waals surface area (Å²) < 4.78 is 27.2. The molecule has 0 bridgehead atoms. The predicted molar refractivity (Wildman–Crippen MR) is 121 cm³/mol. The van der Waals surface area contributed by atoms with Gasteiger partial charge in [0.05, 0.1) is 17.7 Å². The number of hydrogen-bond acceptors (Lipinski definition) is 3. The van der Waals surface area contributed by atoms with Gasteiger partial charge in [0.2, 0.25) is 15.9 Å². The second-order valence-electron chi connectivity index (χ2n) is 7.91. The molecule has 0 spiro atoms. The lowest BCUT2D eigenvalue weighted by atomic mass is 9.97. The largest absolute Gasteiger partial charge is 0.349 e. The molecule has 162 valence electrons. The molecule has 1 aliphatic heterocycles. The smallest absolute Gasteiger partial charge is 0.224 e. The van der Waals surface area contributed by atoms with Crippen molar-refractivity contribution in [2.75, 3.05) is 13.1 Å². The summed E-state index contributed by atoms with van der Waals surface area (Å²) in [4.78, 5) is 12.8. The van der Waals surface area contributed by atoms with Crippen LogP contribution in [0.5, 0.6) is 0 Å². The zero-order valence-electron chi connectivity index (χ0n) is 17.5. The number of piperidine rings is 1. The summed E-state index contributed by atoms with van der Waals surface area (Å²) >= 11 is 5.88. The minimum Gasteiger partial charge on any atom is -0.349 e. The molecule has 3 rings (SSSR count). The zero-order valence-corrected chi connectivity index (χ0v) is 19.0. The molecule has 0 unspecified atom stereocenters. The summed E-state index contributed by atoms with van der Waals surface area (Å²) in [5.74, 6) is -0.511. The van der Waals surface area contributed by atoms with Crippen LogP contribution in [0, 0.1) is 5.92 Å². The Morgan fingerprint density at radius 1 is 1.13 bits per heavy atom. The summed E-state index contributed by atoms with van der Waals surface area (Å²) in [7, 11) is -3.49. The van der Waals surface area contributed by atoms with E-state index >= 15 is 0 Å². The van der Waals surface area contributed by atoms with Gasteiger partial charge in [0.1, 0.15) is 0 Å². The summed E-state index contributed by atoms with van der Waals surface area (Å²) in [6, 6.07) is 14.9. The third-order valence-corrected chi connectivity index (χ3v) is 7.73. The minimum atomic E-state index is -3.49. The van der Waals surface area contributed by atoms with Gasteiger partial charge in [-0.05, 0) is 55.0 Å². The molecule has 1 saturated heterocycles. The fourth-order valence-electron chi connectivity index (χ4n) is 3.75. The van der Waals surface area contributed by atoms with Gasteiger partial charge >= 0.3 is 0 Å². The van der Waals surface area contributed by atoms with Crippen molar-refractivity contribution in [3.8, 4) is 0 Å². The summed E-state index contributed by atoms with van der Waals surface area (Å²) in [6.07, 6.45) is 2.35. The van der Waals surface area contributed by atoms with Crippen molar-refractivity contribution in [1.82, 2.24) is 9.62 Å². The highest BCUT2D eigenvalue weighted by Crippen LogP contribution is 2.23. The number of amides is 1. The number of sulfonamides is 1. The molecule has 2 aromatic carbocycles. The van der Waals surface area contributed by atoms with Crippen LogP contribution in [-0.4, -0.2) is 31.7 Å². The van der Waals surface area contributed by atoms with Gasteiger partial charge in [-0.25, -0.2) is 12.7 Å². The highest BCUT2D eigenvalue weighted by molar-refractivity contribution is 7.88. The van der Waals surface area contributed by atoms with Gasteiger partial charge in [0, 0.05) is 18.1 Å².